The van der Waals surface area contributed by atoms with Crippen LogP contribution in [0.1, 0.15) is 11.4 Å². The summed E-state index contributed by atoms with van der Waals surface area (Å²) in [7, 11) is -3.69. The van der Waals surface area contributed by atoms with Gasteiger partial charge in [-0.05, 0) is 32.0 Å². The van der Waals surface area contributed by atoms with E-state index in [1.54, 1.807) is 32.0 Å². The molecule has 1 aromatic carbocycles. The first-order valence-electron chi connectivity index (χ1n) is 8.98. The maximum absolute atomic E-state index is 12.4. The number of nitrogens with zero attached hydrogens (tertiary/aromatic N) is 5. The second-order valence-electron chi connectivity index (χ2n) is 6.45. The van der Waals surface area contributed by atoms with Crippen molar-refractivity contribution in [2.24, 2.45) is 0 Å². The van der Waals surface area contributed by atoms with Crippen LogP contribution < -0.4 is 9.46 Å². The number of aromatic amines is 1. The minimum absolute atomic E-state index is 0.0612. The normalized spacial score (nSPS) is 11.8. The van der Waals surface area contributed by atoms with E-state index >= 15 is 0 Å². The van der Waals surface area contributed by atoms with Gasteiger partial charge in [0.1, 0.15) is 11.5 Å². The van der Waals surface area contributed by atoms with Crippen molar-refractivity contribution in [2.75, 3.05) is 13.2 Å². The van der Waals surface area contributed by atoms with Crippen LogP contribution in [0.15, 0.2) is 41.3 Å². The number of halogens is 1. The van der Waals surface area contributed by atoms with Crippen LogP contribution in [-0.4, -0.2) is 51.6 Å². The van der Waals surface area contributed by atoms with Crippen LogP contribution in [0, 0.1) is 13.8 Å². The van der Waals surface area contributed by atoms with Crippen molar-refractivity contribution in [3.8, 4) is 17.3 Å². The molecule has 0 unspecified atom stereocenters. The Morgan fingerprint density at radius 3 is 2.70 bits per heavy atom. The second-order valence-corrected chi connectivity index (χ2v) is 8.57. The molecule has 0 fully saturated rings. The van der Waals surface area contributed by atoms with Gasteiger partial charge < -0.3 is 4.74 Å². The van der Waals surface area contributed by atoms with E-state index in [1.807, 2.05) is 18.2 Å². The highest BCUT2D eigenvalue weighted by molar-refractivity contribution is 7.89. The molecule has 0 atom stereocenters. The number of rotatable bonds is 7. The van der Waals surface area contributed by atoms with Gasteiger partial charge in [0.2, 0.25) is 15.9 Å². The van der Waals surface area contributed by atoms with E-state index in [9.17, 15) is 8.42 Å². The summed E-state index contributed by atoms with van der Waals surface area (Å²) in [5, 5.41) is 19.7. The highest BCUT2D eigenvalue weighted by atomic mass is 35.5. The van der Waals surface area contributed by atoms with Gasteiger partial charge in [-0.2, -0.15) is 9.61 Å². The van der Waals surface area contributed by atoms with Crippen LogP contribution in [0.25, 0.3) is 17.0 Å². The molecule has 0 aliphatic rings. The molecule has 30 heavy (non-hydrogen) atoms. The first-order valence-corrected chi connectivity index (χ1v) is 10.8. The Hall–Kier alpha value is -3.02. The van der Waals surface area contributed by atoms with Gasteiger partial charge in [-0.15, -0.1) is 15.3 Å². The second kappa shape index (κ2) is 8.01. The predicted molar refractivity (Wildman–Crippen MR) is 110 cm³/mol. The fraction of sp³-hybridized carbons (Fsp3) is 0.222. The minimum atomic E-state index is -3.69. The maximum Gasteiger partial charge on any atom is 0.244 e. The number of ether oxygens (including phenoxy) is 1. The number of hydrogen-bond acceptors (Lipinski definition) is 7. The molecule has 0 amide bonds. The Bertz CT molecular complexity index is 1300. The molecule has 0 aliphatic heterocycles. The van der Waals surface area contributed by atoms with E-state index < -0.39 is 10.0 Å². The Kier molecular flexibility index (Phi) is 5.41. The van der Waals surface area contributed by atoms with Gasteiger partial charge in [-0.25, -0.2) is 13.1 Å². The molecule has 2 N–H and O–H groups in total. The summed E-state index contributed by atoms with van der Waals surface area (Å²) >= 11 is 6.25. The van der Waals surface area contributed by atoms with Crippen molar-refractivity contribution < 1.29 is 13.2 Å². The number of aryl methyl sites for hydroxylation is 2. The van der Waals surface area contributed by atoms with Gasteiger partial charge in [0.25, 0.3) is 0 Å². The van der Waals surface area contributed by atoms with Gasteiger partial charge >= 0.3 is 0 Å². The standard InChI is InChI=1S/C18H18ClN7O3S/c1-11-17(12(2)22-21-11)30(27,28)20-9-10-29-16-8-7-15-23-24-18(26(15)25-16)13-5-3-4-6-14(13)19/h3-8,20H,9-10H2,1-2H3,(H,21,22). The monoisotopic (exact) mass is 447 g/mol. The number of hydrogen-bond donors (Lipinski definition) is 2. The Labute approximate surface area is 177 Å². The summed E-state index contributed by atoms with van der Waals surface area (Å²) < 4.78 is 34.5. The van der Waals surface area contributed by atoms with Crippen molar-refractivity contribution in [3.63, 3.8) is 0 Å². The first kappa shape index (κ1) is 20.3. The molecule has 3 aromatic heterocycles. The van der Waals surface area contributed by atoms with Crippen LogP contribution >= 0.6 is 11.6 Å². The van der Waals surface area contributed by atoms with E-state index in [2.05, 4.69) is 30.2 Å². The van der Waals surface area contributed by atoms with Crippen LogP contribution in [0.3, 0.4) is 0 Å². The summed E-state index contributed by atoms with van der Waals surface area (Å²) in [5.74, 6) is 0.776. The molecule has 4 rings (SSSR count). The van der Waals surface area contributed by atoms with E-state index in [4.69, 9.17) is 16.3 Å². The highest BCUT2D eigenvalue weighted by Gasteiger charge is 2.21. The zero-order chi connectivity index (χ0) is 21.3. The lowest BCUT2D eigenvalue weighted by Gasteiger charge is -2.09. The van der Waals surface area contributed by atoms with Crippen molar-refractivity contribution in [2.45, 2.75) is 18.7 Å². The molecule has 0 saturated carbocycles. The first-order chi connectivity index (χ1) is 14.4. The lowest BCUT2D eigenvalue weighted by atomic mass is 10.2. The maximum atomic E-state index is 12.4. The Balaban J connectivity index is 1.46. The van der Waals surface area contributed by atoms with Crippen molar-refractivity contribution in [1.82, 2.24) is 34.7 Å². The van der Waals surface area contributed by atoms with E-state index in [0.29, 0.717) is 39.3 Å². The fourth-order valence-electron chi connectivity index (χ4n) is 3.00. The van der Waals surface area contributed by atoms with E-state index in [-0.39, 0.29) is 18.0 Å². The minimum Gasteiger partial charge on any atom is -0.475 e. The van der Waals surface area contributed by atoms with Crippen molar-refractivity contribution >= 4 is 27.3 Å². The number of fused-ring (bicyclic) bond motifs is 1. The van der Waals surface area contributed by atoms with Crippen LogP contribution in [0.5, 0.6) is 5.88 Å². The van der Waals surface area contributed by atoms with Crippen LogP contribution in [-0.2, 0) is 10.0 Å². The topological polar surface area (TPSA) is 127 Å². The lowest BCUT2D eigenvalue weighted by Crippen LogP contribution is -2.29. The smallest absolute Gasteiger partial charge is 0.244 e. The summed E-state index contributed by atoms with van der Waals surface area (Å²) in [6.45, 7) is 3.42. The predicted octanol–water partition coefficient (Wildman–Crippen LogP) is 2.14. The summed E-state index contributed by atoms with van der Waals surface area (Å²) in [6, 6.07) is 10.6. The zero-order valence-electron chi connectivity index (χ0n) is 16.1. The third-order valence-electron chi connectivity index (χ3n) is 4.33. The quantitative estimate of drug-likeness (QED) is 0.415. The van der Waals surface area contributed by atoms with Gasteiger partial charge in [0.15, 0.2) is 11.5 Å². The van der Waals surface area contributed by atoms with Crippen molar-refractivity contribution in [3.05, 3.63) is 52.8 Å². The Morgan fingerprint density at radius 1 is 1.17 bits per heavy atom. The van der Waals surface area contributed by atoms with Gasteiger partial charge in [0.05, 0.1) is 16.4 Å². The molecule has 0 radical (unpaired) electrons. The number of sulfonamides is 1. The molecule has 4 aromatic rings. The fourth-order valence-corrected chi connectivity index (χ4v) is 4.60. The van der Waals surface area contributed by atoms with Crippen LogP contribution in [0.2, 0.25) is 5.02 Å². The molecular weight excluding hydrogens is 430 g/mol. The molecular formula is C18H18ClN7O3S. The SMILES string of the molecule is Cc1n[nH]c(C)c1S(=O)(=O)NCCOc1ccc2nnc(-c3ccccc3Cl)n2n1. The number of aromatic nitrogens is 6. The average Bonchev–Trinajstić information content (AvgIpc) is 3.28. The third-order valence-corrected chi connectivity index (χ3v) is 6.38. The number of benzene rings is 1. The number of H-pyrrole nitrogens is 1. The zero-order valence-corrected chi connectivity index (χ0v) is 17.7. The van der Waals surface area contributed by atoms with Crippen molar-refractivity contribution in [1.29, 1.82) is 0 Å². The van der Waals surface area contributed by atoms with E-state index in [1.165, 1.54) is 4.52 Å². The average molecular weight is 448 g/mol. The number of nitrogens with one attached hydrogen (secondary N) is 2. The highest BCUT2D eigenvalue weighted by Crippen LogP contribution is 2.26. The molecule has 0 bridgehead atoms. The largest absolute Gasteiger partial charge is 0.475 e. The summed E-state index contributed by atoms with van der Waals surface area (Å²) in [6.07, 6.45) is 0. The molecule has 0 aliphatic carbocycles. The van der Waals surface area contributed by atoms with Gasteiger partial charge in [0, 0.05) is 18.2 Å². The molecule has 0 spiro atoms. The molecule has 3 heterocycles. The lowest BCUT2D eigenvalue weighted by molar-refractivity contribution is 0.306. The molecule has 0 saturated heterocycles. The molecule has 10 nitrogen and oxygen atoms in total. The van der Waals surface area contributed by atoms with Gasteiger partial charge in [-0.3, -0.25) is 5.10 Å². The molecule has 156 valence electrons. The van der Waals surface area contributed by atoms with E-state index in [0.717, 1.165) is 0 Å². The third kappa shape index (κ3) is 3.86. The van der Waals surface area contributed by atoms with Crippen LogP contribution in [0.4, 0.5) is 0 Å². The summed E-state index contributed by atoms with van der Waals surface area (Å²) in [4.78, 5) is 0.149. The Morgan fingerprint density at radius 2 is 1.97 bits per heavy atom. The van der Waals surface area contributed by atoms with Gasteiger partial charge in [-0.1, -0.05) is 23.7 Å². The molecule has 12 heteroatoms. The summed E-state index contributed by atoms with van der Waals surface area (Å²) in [5.41, 5.74) is 2.11.